The Hall–Kier alpha value is -0.380. The molecule has 3 rings (SSSR count). The van der Waals surface area contributed by atoms with Crippen molar-refractivity contribution in [2.75, 3.05) is 13.1 Å². The first-order chi connectivity index (χ1) is 8.74. The molecule has 1 aromatic rings. The monoisotopic (exact) mass is 264 g/mol. The van der Waals surface area contributed by atoms with Gasteiger partial charge in [-0.25, -0.2) is 0 Å². The summed E-state index contributed by atoms with van der Waals surface area (Å²) in [7, 11) is 0. The summed E-state index contributed by atoms with van der Waals surface area (Å²) in [6.07, 6.45) is 5.58. The molecule has 2 aliphatic rings. The molecule has 0 bridgehead atoms. The smallest absolute Gasteiger partial charge is 0.0249 e. The molecule has 0 amide bonds. The van der Waals surface area contributed by atoms with Crippen molar-refractivity contribution in [1.29, 1.82) is 0 Å². The lowest BCUT2D eigenvalue weighted by molar-refractivity contribution is 0.180. The van der Waals surface area contributed by atoms with E-state index >= 15 is 0 Å². The molecular formula is C15H24N2S. The van der Waals surface area contributed by atoms with Crippen molar-refractivity contribution in [3.63, 3.8) is 0 Å². The lowest BCUT2D eigenvalue weighted by Gasteiger charge is -2.32. The van der Waals surface area contributed by atoms with Gasteiger partial charge in [-0.05, 0) is 51.3 Å². The Morgan fingerprint density at radius 3 is 2.94 bits per heavy atom. The van der Waals surface area contributed by atoms with Gasteiger partial charge in [-0.15, -0.1) is 11.3 Å². The molecule has 3 heterocycles. The molecule has 0 saturated carbocycles. The summed E-state index contributed by atoms with van der Waals surface area (Å²) in [6.45, 7) is 8.16. The summed E-state index contributed by atoms with van der Waals surface area (Å²) in [5.41, 5.74) is 1.51. The van der Waals surface area contributed by atoms with Crippen LogP contribution in [0, 0.1) is 13.8 Å². The third kappa shape index (κ3) is 2.49. The first kappa shape index (κ1) is 12.6. The summed E-state index contributed by atoms with van der Waals surface area (Å²) in [5, 5.41) is 3.82. The Balaban J connectivity index is 1.58. The molecule has 1 N–H and O–H groups in total. The van der Waals surface area contributed by atoms with E-state index in [9.17, 15) is 0 Å². The van der Waals surface area contributed by atoms with Gasteiger partial charge in [0.05, 0.1) is 0 Å². The fraction of sp³-hybridized carbons (Fsp3) is 0.733. The molecule has 2 fully saturated rings. The molecule has 2 saturated heterocycles. The SMILES string of the molecule is Cc1cc(CNC2CCN3CCCCC23)c(C)s1. The molecule has 2 unspecified atom stereocenters. The Morgan fingerprint density at radius 2 is 2.17 bits per heavy atom. The molecule has 0 aliphatic carbocycles. The Morgan fingerprint density at radius 1 is 1.28 bits per heavy atom. The lowest BCUT2D eigenvalue weighted by atomic mass is 9.99. The number of nitrogens with zero attached hydrogens (tertiary/aromatic N) is 1. The quantitative estimate of drug-likeness (QED) is 0.902. The summed E-state index contributed by atoms with van der Waals surface area (Å²) < 4.78 is 0. The van der Waals surface area contributed by atoms with Crippen molar-refractivity contribution >= 4 is 11.3 Å². The van der Waals surface area contributed by atoms with Crippen LogP contribution in [-0.2, 0) is 6.54 Å². The van der Waals surface area contributed by atoms with E-state index in [1.54, 1.807) is 0 Å². The third-order valence-electron chi connectivity index (χ3n) is 4.55. The van der Waals surface area contributed by atoms with Crippen LogP contribution < -0.4 is 5.32 Å². The maximum absolute atomic E-state index is 3.82. The van der Waals surface area contributed by atoms with Gasteiger partial charge in [-0.1, -0.05) is 6.42 Å². The highest BCUT2D eigenvalue weighted by atomic mass is 32.1. The number of fused-ring (bicyclic) bond motifs is 1. The molecule has 18 heavy (non-hydrogen) atoms. The van der Waals surface area contributed by atoms with Gasteiger partial charge in [0, 0.05) is 34.9 Å². The van der Waals surface area contributed by atoms with Gasteiger partial charge in [0.25, 0.3) is 0 Å². The number of thiophene rings is 1. The average molecular weight is 264 g/mol. The highest BCUT2D eigenvalue weighted by molar-refractivity contribution is 7.12. The second-order valence-corrected chi connectivity index (χ2v) is 7.27. The summed E-state index contributed by atoms with van der Waals surface area (Å²) in [6, 6.07) is 3.89. The molecular weight excluding hydrogens is 240 g/mol. The number of nitrogens with one attached hydrogen (secondary N) is 1. The van der Waals surface area contributed by atoms with Crippen molar-refractivity contribution in [3.05, 3.63) is 21.4 Å². The van der Waals surface area contributed by atoms with Crippen molar-refractivity contribution in [1.82, 2.24) is 10.2 Å². The first-order valence-corrected chi connectivity index (χ1v) is 8.09. The Bertz CT molecular complexity index is 413. The van der Waals surface area contributed by atoms with Crippen molar-refractivity contribution < 1.29 is 0 Å². The van der Waals surface area contributed by atoms with E-state index < -0.39 is 0 Å². The van der Waals surface area contributed by atoms with E-state index in [0.717, 1.165) is 18.6 Å². The van der Waals surface area contributed by atoms with Crippen LogP contribution in [0.3, 0.4) is 0 Å². The molecule has 2 aliphatic heterocycles. The van der Waals surface area contributed by atoms with Crippen LogP contribution >= 0.6 is 11.3 Å². The minimum absolute atomic E-state index is 0.727. The van der Waals surface area contributed by atoms with Gasteiger partial charge in [0.1, 0.15) is 0 Å². The number of hydrogen-bond donors (Lipinski definition) is 1. The second-order valence-electron chi connectivity index (χ2n) is 5.81. The van der Waals surface area contributed by atoms with Crippen LogP contribution in [0.4, 0.5) is 0 Å². The zero-order valence-corrected chi connectivity index (χ0v) is 12.4. The highest BCUT2D eigenvalue weighted by Gasteiger charge is 2.34. The van der Waals surface area contributed by atoms with Crippen LogP contribution in [-0.4, -0.2) is 30.1 Å². The molecule has 0 spiro atoms. The highest BCUT2D eigenvalue weighted by Crippen LogP contribution is 2.28. The second kappa shape index (κ2) is 5.32. The van der Waals surface area contributed by atoms with Gasteiger partial charge in [-0.2, -0.15) is 0 Å². The van der Waals surface area contributed by atoms with Crippen LogP contribution in [0.25, 0.3) is 0 Å². The average Bonchev–Trinajstić information content (AvgIpc) is 2.90. The summed E-state index contributed by atoms with van der Waals surface area (Å²) in [5.74, 6) is 0. The van der Waals surface area contributed by atoms with Gasteiger partial charge in [-0.3, -0.25) is 4.90 Å². The van der Waals surface area contributed by atoms with E-state index in [-0.39, 0.29) is 0 Å². The standard InChI is InChI=1S/C15H24N2S/c1-11-9-13(12(2)18-11)10-16-14-6-8-17-7-4-3-5-15(14)17/h9,14-16H,3-8,10H2,1-2H3. The fourth-order valence-corrected chi connectivity index (χ4v) is 4.53. The fourth-order valence-electron chi connectivity index (χ4n) is 3.59. The van der Waals surface area contributed by atoms with Crippen LogP contribution in [0.15, 0.2) is 6.07 Å². The molecule has 0 radical (unpaired) electrons. The molecule has 1 aromatic heterocycles. The molecule has 100 valence electrons. The number of aryl methyl sites for hydroxylation is 2. The van der Waals surface area contributed by atoms with E-state index in [1.165, 1.54) is 54.1 Å². The largest absolute Gasteiger partial charge is 0.308 e. The zero-order chi connectivity index (χ0) is 12.5. The number of piperidine rings is 1. The number of rotatable bonds is 3. The number of hydrogen-bond acceptors (Lipinski definition) is 3. The van der Waals surface area contributed by atoms with Crippen molar-refractivity contribution in [2.45, 2.75) is 58.2 Å². The molecule has 2 atom stereocenters. The van der Waals surface area contributed by atoms with E-state index in [2.05, 4.69) is 30.1 Å². The van der Waals surface area contributed by atoms with Gasteiger partial charge in [0.2, 0.25) is 0 Å². The van der Waals surface area contributed by atoms with Gasteiger partial charge < -0.3 is 5.32 Å². The minimum atomic E-state index is 0.727. The Kier molecular flexibility index (Phi) is 3.73. The van der Waals surface area contributed by atoms with Crippen molar-refractivity contribution in [3.8, 4) is 0 Å². The predicted octanol–water partition coefficient (Wildman–Crippen LogP) is 3.08. The molecule has 0 aromatic carbocycles. The zero-order valence-electron chi connectivity index (χ0n) is 11.5. The van der Waals surface area contributed by atoms with E-state index in [0.29, 0.717) is 0 Å². The van der Waals surface area contributed by atoms with Crippen LogP contribution in [0.1, 0.15) is 41.0 Å². The van der Waals surface area contributed by atoms with Crippen molar-refractivity contribution in [2.24, 2.45) is 0 Å². The third-order valence-corrected chi connectivity index (χ3v) is 5.56. The Labute approximate surface area is 114 Å². The molecule has 3 heteroatoms. The first-order valence-electron chi connectivity index (χ1n) is 7.27. The maximum Gasteiger partial charge on any atom is 0.0249 e. The van der Waals surface area contributed by atoms with Gasteiger partial charge >= 0.3 is 0 Å². The van der Waals surface area contributed by atoms with Gasteiger partial charge in [0.15, 0.2) is 0 Å². The predicted molar refractivity (Wildman–Crippen MR) is 78.2 cm³/mol. The summed E-state index contributed by atoms with van der Waals surface area (Å²) in [4.78, 5) is 5.63. The molecule has 2 nitrogen and oxygen atoms in total. The van der Waals surface area contributed by atoms with Crippen LogP contribution in [0.5, 0.6) is 0 Å². The minimum Gasteiger partial charge on any atom is -0.308 e. The topological polar surface area (TPSA) is 15.3 Å². The van der Waals surface area contributed by atoms with E-state index in [4.69, 9.17) is 0 Å². The normalized spacial score (nSPS) is 28.6. The summed E-state index contributed by atoms with van der Waals surface area (Å²) >= 11 is 1.92. The van der Waals surface area contributed by atoms with Crippen LogP contribution in [0.2, 0.25) is 0 Å². The lowest BCUT2D eigenvalue weighted by Crippen LogP contribution is -2.44. The van der Waals surface area contributed by atoms with E-state index in [1.807, 2.05) is 11.3 Å². The maximum atomic E-state index is 3.82.